The Morgan fingerprint density at radius 3 is 2.22 bits per heavy atom. The number of non-ortho nitro benzene ring substituents is 1. The molecule has 1 aromatic carbocycles. The first-order valence-electron chi connectivity index (χ1n) is 10.1. The Hall–Kier alpha value is -2.64. The van der Waals surface area contributed by atoms with Crippen LogP contribution in [0.1, 0.15) is 27.7 Å². The topological polar surface area (TPSA) is 147 Å². The molecule has 3 aliphatic rings. The minimum atomic E-state index is -1.08. The van der Waals surface area contributed by atoms with Crippen LogP contribution < -0.4 is 10.6 Å². The van der Waals surface area contributed by atoms with Crippen molar-refractivity contribution in [3.05, 3.63) is 34.4 Å². The van der Waals surface area contributed by atoms with E-state index in [-0.39, 0.29) is 12.2 Å². The van der Waals surface area contributed by atoms with E-state index in [9.17, 15) is 19.7 Å². The lowest BCUT2D eigenvalue weighted by molar-refractivity contribution is -0.384. The van der Waals surface area contributed by atoms with Crippen LogP contribution in [0.4, 0.5) is 11.4 Å². The Morgan fingerprint density at radius 2 is 1.56 bits per heavy atom. The van der Waals surface area contributed by atoms with Crippen molar-refractivity contribution in [3.63, 3.8) is 0 Å². The maximum Gasteiger partial charge on any atom is 0.269 e. The predicted molar refractivity (Wildman–Crippen MR) is 107 cm³/mol. The molecule has 0 saturated carbocycles. The van der Waals surface area contributed by atoms with Gasteiger partial charge in [0.05, 0.1) is 11.5 Å². The smallest absolute Gasteiger partial charge is 0.269 e. The number of benzene rings is 1. The minimum Gasteiger partial charge on any atom is -0.345 e. The van der Waals surface area contributed by atoms with Crippen LogP contribution in [0.15, 0.2) is 24.3 Å². The van der Waals surface area contributed by atoms with E-state index in [0.29, 0.717) is 5.69 Å². The highest BCUT2D eigenvalue weighted by Crippen LogP contribution is 2.44. The molecule has 3 heterocycles. The Kier molecular flexibility index (Phi) is 5.67. The summed E-state index contributed by atoms with van der Waals surface area (Å²) in [5, 5.41) is 15.8. The highest BCUT2D eigenvalue weighted by Gasteiger charge is 2.62. The van der Waals surface area contributed by atoms with Crippen molar-refractivity contribution in [1.82, 2.24) is 5.32 Å². The summed E-state index contributed by atoms with van der Waals surface area (Å²) in [5.41, 5.74) is 0.265. The number of carbonyl (C=O) groups excluding carboxylic acids is 2. The van der Waals surface area contributed by atoms with Crippen LogP contribution in [0.25, 0.3) is 0 Å². The second kappa shape index (κ2) is 8.05. The van der Waals surface area contributed by atoms with Gasteiger partial charge in [-0.15, -0.1) is 0 Å². The van der Waals surface area contributed by atoms with Gasteiger partial charge in [-0.25, -0.2) is 0 Å². The van der Waals surface area contributed by atoms with Crippen LogP contribution in [0.2, 0.25) is 0 Å². The zero-order valence-corrected chi connectivity index (χ0v) is 18.0. The second-order valence-electron chi connectivity index (χ2n) is 8.66. The van der Waals surface area contributed by atoms with E-state index in [1.165, 1.54) is 24.3 Å². The van der Waals surface area contributed by atoms with E-state index >= 15 is 0 Å². The van der Waals surface area contributed by atoms with Crippen molar-refractivity contribution in [2.24, 2.45) is 0 Å². The Bertz CT molecular complexity index is 917. The van der Waals surface area contributed by atoms with E-state index < -0.39 is 59.0 Å². The summed E-state index contributed by atoms with van der Waals surface area (Å²) in [6.07, 6.45) is -3.80. The average Bonchev–Trinajstić information content (AvgIpc) is 3.19. The molecule has 3 fully saturated rings. The summed E-state index contributed by atoms with van der Waals surface area (Å²) >= 11 is 0. The number of anilines is 1. The lowest BCUT2D eigenvalue weighted by Crippen LogP contribution is -2.59. The molecule has 2 N–H and O–H groups in total. The molecule has 4 rings (SSSR count). The van der Waals surface area contributed by atoms with Gasteiger partial charge in [-0.2, -0.15) is 0 Å². The molecular weight excluding hydrogens is 426 g/mol. The van der Waals surface area contributed by atoms with E-state index in [0.717, 1.165) is 0 Å². The minimum absolute atomic E-state index is 0.0957. The predicted octanol–water partition coefficient (Wildman–Crippen LogP) is 1.05. The first kappa shape index (κ1) is 22.6. The van der Waals surface area contributed by atoms with Gasteiger partial charge in [0.1, 0.15) is 18.3 Å². The van der Waals surface area contributed by atoms with Crippen LogP contribution >= 0.6 is 0 Å². The standard InChI is InChI=1S/C20H25N3O9/c1-19(2)29-13-14(30-19)16-18(32-20(3,4)31-16)28-15(13)17(25)21-9-12(24)22-10-5-7-11(8-6-10)23(26)27/h5-8,13-16,18H,9H2,1-4H3,(H,21,25)(H,22,24)/t13-,14-,15+,16+,18+/m1/s1. The molecule has 0 unspecified atom stereocenters. The number of rotatable bonds is 5. The Morgan fingerprint density at radius 1 is 0.969 bits per heavy atom. The maximum absolute atomic E-state index is 12.9. The van der Waals surface area contributed by atoms with Crippen molar-refractivity contribution in [2.75, 3.05) is 11.9 Å². The van der Waals surface area contributed by atoms with Crippen LogP contribution in [-0.2, 0) is 33.3 Å². The zero-order chi connectivity index (χ0) is 23.3. The van der Waals surface area contributed by atoms with E-state index in [1.54, 1.807) is 27.7 Å². The highest BCUT2D eigenvalue weighted by molar-refractivity contribution is 5.95. The molecule has 32 heavy (non-hydrogen) atoms. The van der Waals surface area contributed by atoms with E-state index in [1.807, 2.05) is 0 Å². The Balaban J connectivity index is 1.38. The quantitative estimate of drug-likeness (QED) is 0.495. The summed E-state index contributed by atoms with van der Waals surface area (Å²) in [4.78, 5) is 35.2. The molecular formula is C20H25N3O9. The summed E-state index contributed by atoms with van der Waals surface area (Å²) in [6, 6.07) is 5.34. The third-order valence-electron chi connectivity index (χ3n) is 5.20. The van der Waals surface area contributed by atoms with Crippen molar-refractivity contribution >= 4 is 23.2 Å². The first-order valence-corrected chi connectivity index (χ1v) is 10.1. The Labute approximate surface area is 183 Å². The third-order valence-corrected chi connectivity index (χ3v) is 5.20. The molecule has 5 atom stereocenters. The van der Waals surface area contributed by atoms with Crippen LogP contribution in [0, 0.1) is 10.1 Å². The number of fused-ring (bicyclic) bond motifs is 3. The van der Waals surface area contributed by atoms with Gasteiger partial charge >= 0.3 is 0 Å². The molecule has 0 aromatic heterocycles. The van der Waals surface area contributed by atoms with Crippen LogP contribution in [-0.4, -0.2) is 65.6 Å². The molecule has 12 heteroatoms. The molecule has 3 saturated heterocycles. The first-order chi connectivity index (χ1) is 14.9. The van der Waals surface area contributed by atoms with Gasteiger partial charge in [-0.05, 0) is 39.8 Å². The van der Waals surface area contributed by atoms with Gasteiger partial charge < -0.3 is 34.3 Å². The number of nitro benzene ring substituents is 1. The van der Waals surface area contributed by atoms with Crippen molar-refractivity contribution in [2.45, 2.75) is 70.0 Å². The molecule has 0 spiro atoms. The molecule has 0 radical (unpaired) electrons. The van der Waals surface area contributed by atoms with Gasteiger partial charge in [0.15, 0.2) is 24.0 Å². The molecule has 1 aromatic rings. The lowest BCUT2D eigenvalue weighted by Gasteiger charge is -2.36. The summed E-state index contributed by atoms with van der Waals surface area (Å²) in [6.45, 7) is 6.60. The molecule has 12 nitrogen and oxygen atoms in total. The SMILES string of the molecule is CC1(C)O[C@@H]2O[C@H](C(=O)NCC(=O)Nc3ccc([N+](=O)[O-])cc3)[C@@H]3OC(C)(C)O[C@H]3[C@@H]2O1. The van der Waals surface area contributed by atoms with Crippen molar-refractivity contribution in [1.29, 1.82) is 0 Å². The van der Waals surface area contributed by atoms with E-state index in [2.05, 4.69) is 10.6 Å². The lowest BCUT2D eigenvalue weighted by atomic mass is 9.98. The summed E-state index contributed by atoms with van der Waals surface area (Å²) < 4.78 is 29.3. The van der Waals surface area contributed by atoms with Gasteiger partial charge in [0, 0.05) is 17.8 Å². The molecule has 0 aliphatic carbocycles. The number of hydrogen-bond acceptors (Lipinski definition) is 9. The van der Waals surface area contributed by atoms with Gasteiger partial charge in [0.25, 0.3) is 11.6 Å². The molecule has 3 aliphatic heterocycles. The van der Waals surface area contributed by atoms with E-state index in [4.69, 9.17) is 23.7 Å². The number of nitrogens with one attached hydrogen (secondary N) is 2. The number of nitro groups is 1. The monoisotopic (exact) mass is 451 g/mol. The number of amides is 2. The fraction of sp³-hybridized carbons (Fsp3) is 0.600. The molecule has 0 bridgehead atoms. The van der Waals surface area contributed by atoms with Crippen molar-refractivity contribution in [3.8, 4) is 0 Å². The number of hydrogen-bond donors (Lipinski definition) is 2. The summed E-state index contributed by atoms with van der Waals surface area (Å²) in [5.74, 6) is -2.93. The van der Waals surface area contributed by atoms with Crippen LogP contribution in [0.3, 0.4) is 0 Å². The average molecular weight is 451 g/mol. The summed E-state index contributed by atoms with van der Waals surface area (Å²) in [7, 11) is 0. The number of nitrogens with zero attached hydrogens (tertiary/aromatic N) is 1. The van der Waals surface area contributed by atoms with Gasteiger partial charge in [-0.3, -0.25) is 19.7 Å². The largest absolute Gasteiger partial charge is 0.345 e. The number of carbonyl (C=O) groups is 2. The molecule has 174 valence electrons. The fourth-order valence-electron chi connectivity index (χ4n) is 3.96. The van der Waals surface area contributed by atoms with Gasteiger partial charge in [0.2, 0.25) is 5.91 Å². The van der Waals surface area contributed by atoms with Gasteiger partial charge in [-0.1, -0.05) is 0 Å². The maximum atomic E-state index is 12.9. The zero-order valence-electron chi connectivity index (χ0n) is 18.0. The van der Waals surface area contributed by atoms with Crippen LogP contribution in [0.5, 0.6) is 0 Å². The third kappa shape index (κ3) is 4.59. The second-order valence-corrected chi connectivity index (χ2v) is 8.66. The van der Waals surface area contributed by atoms with Crippen molar-refractivity contribution < 1.29 is 38.2 Å². The normalized spacial score (nSPS) is 31.9. The highest BCUT2D eigenvalue weighted by atomic mass is 16.9. The molecule has 2 amide bonds. The fourth-order valence-corrected chi connectivity index (χ4v) is 3.96. The number of ether oxygens (including phenoxy) is 5.